The van der Waals surface area contributed by atoms with E-state index < -0.39 is 0 Å². The highest BCUT2D eigenvalue weighted by Crippen LogP contribution is 2.33. The highest BCUT2D eigenvalue weighted by Gasteiger charge is 2.43. The van der Waals surface area contributed by atoms with E-state index in [1.54, 1.807) is 11.3 Å². The van der Waals surface area contributed by atoms with E-state index in [-0.39, 0.29) is 11.5 Å². The van der Waals surface area contributed by atoms with Crippen LogP contribution in [0.15, 0.2) is 5.38 Å². The highest BCUT2D eigenvalue weighted by atomic mass is 32.1. The predicted molar refractivity (Wildman–Crippen MR) is 94.0 cm³/mol. The van der Waals surface area contributed by atoms with Crippen molar-refractivity contribution in [3.63, 3.8) is 0 Å². The molecule has 3 aliphatic rings. The molecule has 1 aromatic heterocycles. The van der Waals surface area contributed by atoms with Crippen LogP contribution in [0.4, 0.5) is 0 Å². The van der Waals surface area contributed by atoms with E-state index in [9.17, 15) is 4.79 Å². The first kappa shape index (κ1) is 16.5. The Hall–Kier alpha value is -0.980. The summed E-state index contributed by atoms with van der Waals surface area (Å²) >= 11 is 1.71. The van der Waals surface area contributed by atoms with Crippen LogP contribution < -0.4 is 0 Å². The monoisotopic (exact) mass is 349 g/mol. The number of nitrogens with zero attached hydrogens (tertiary/aromatic N) is 3. The molecule has 1 aliphatic carbocycles. The minimum absolute atomic E-state index is 0.166. The fraction of sp³-hybridized carbons (Fsp3) is 0.778. The van der Waals surface area contributed by atoms with Crippen LogP contribution in [0.2, 0.25) is 0 Å². The normalized spacial score (nSPS) is 29.0. The van der Waals surface area contributed by atoms with Crippen LogP contribution in [0.5, 0.6) is 0 Å². The maximum absolute atomic E-state index is 12.6. The van der Waals surface area contributed by atoms with Crippen molar-refractivity contribution in [2.24, 2.45) is 5.92 Å². The van der Waals surface area contributed by atoms with Gasteiger partial charge in [-0.15, -0.1) is 11.3 Å². The third-order valence-electron chi connectivity index (χ3n) is 5.69. The number of amides is 1. The minimum Gasteiger partial charge on any atom is -0.370 e. The maximum Gasteiger partial charge on any atom is 0.225 e. The largest absolute Gasteiger partial charge is 0.370 e. The van der Waals surface area contributed by atoms with Crippen LogP contribution >= 0.6 is 11.3 Å². The average Bonchev–Trinajstić information content (AvgIpc) is 2.91. The van der Waals surface area contributed by atoms with Crippen molar-refractivity contribution >= 4 is 17.2 Å². The molecule has 132 valence electrons. The molecule has 0 radical (unpaired) electrons. The topological polar surface area (TPSA) is 45.7 Å². The van der Waals surface area contributed by atoms with Crippen LogP contribution in [-0.2, 0) is 16.1 Å². The second-order valence-electron chi connectivity index (χ2n) is 7.59. The van der Waals surface area contributed by atoms with Crippen molar-refractivity contribution < 1.29 is 9.53 Å². The molecule has 3 heterocycles. The quantitative estimate of drug-likeness (QED) is 0.841. The first-order valence-corrected chi connectivity index (χ1v) is 10.1. The number of hydrogen-bond acceptors (Lipinski definition) is 5. The smallest absolute Gasteiger partial charge is 0.225 e. The molecule has 1 aromatic rings. The van der Waals surface area contributed by atoms with Crippen molar-refractivity contribution in [2.75, 3.05) is 32.8 Å². The molecule has 0 bridgehead atoms. The molecule has 2 saturated heterocycles. The lowest BCUT2D eigenvalue weighted by atomic mass is 9.83. The maximum atomic E-state index is 12.6. The van der Waals surface area contributed by atoms with Gasteiger partial charge in [0.2, 0.25) is 5.91 Å². The molecule has 1 amide bonds. The van der Waals surface area contributed by atoms with E-state index in [2.05, 4.69) is 27.1 Å². The van der Waals surface area contributed by atoms with Crippen molar-refractivity contribution in [1.29, 1.82) is 0 Å². The second kappa shape index (κ2) is 6.73. The molecule has 4 rings (SSSR count). The van der Waals surface area contributed by atoms with E-state index in [1.165, 1.54) is 6.42 Å². The standard InChI is InChI=1S/C18H27N3O2S/c1-14-19-16(11-24-14)10-20-7-3-6-18(12-20)13-21(8-9-23-18)17(22)15-4-2-5-15/h11,15H,2-10,12-13H2,1H3/t18-/m1/s1. The van der Waals surface area contributed by atoms with Crippen molar-refractivity contribution in [2.45, 2.75) is 51.2 Å². The lowest BCUT2D eigenvalue weighted by Gasteiger charge is -2.49. The van der Waals surface area contributed by atoms with Crippen LogP contribution in [-0.4, -0.2) is 59.1 Å². The van der Waals surface area contributed by atoms with Gasteiger partial charge in [0.05, 0.1) is 29.5 Å². The number of thiazole rings is 1. The predicted octanol–water partition coefficient (Wildman–Crippen LogP) is 2.45. The molecule has 24 heavy (non-hydrogen) atoms. The van der Waals surface area contributed by atoms with Crippen LogP contribution in [0.25, 0.3) is 0 Å². The zero-order valence-corrected chi connectivity index (χ0v) is 15.3. The van der Waals surface area contributed by atoms with Crippen LogP contribution in [0.3, 0.4) is 0 Å². The SMILES string of the molecule is Cc1nc(CN2CCC[C@@]3(C2)CN(C(=O)C2CCC2)CCO3)cs1. The first-order chi connectivity index (χ1) is 11.6. The van der Waals surface area contributed by atoms with Gasteiger partial charge in [0.1, 0.15) is 0 Å². The summed E-state index contributed by atoms with van der Waals surface area (Å²) in [6.45, 7) is 7.18. The molecule has 3 fully saturated rings. The third kappa shape index (κ3) is 3.37. The second-order valence-corrected chi connectivity index (χ2v) is 8.65. The number of aromatic nitrogens is 1. The number of carbonyl (C=O) groups is 1. The van der Waals surface area contributed by atoms with E-state index >= 15 is 0 Å². The Morgan fingerprint density at radius 2 is 2.25 bits per heavy atom. The Kier molecular flexibility index (Phi) is 4.62. The van der Waals surface area contributed by atoms with E-state index in [0.29, 0.717) is 12.5 Å². The number of hydrogen-bond donors (Lipinski definition) is 0. The summed E-state index contributed by atoms with van der Waals surface area (Å²) < 4.78 is 6.24. The molecule has 2 aliphatic heterocycles. The molecule has 0 aromatic carbocycles. The summed E-state index contributed by atoms with van der Waals surface area (Å²) in [7, 11) is 0. The molecular weight excluding hydrogens is 322 g/mol. The number of ether oxygens (including phenoxy) is 1. The number of morpholine rings is 1. The summed E-state index contributed by atoms with van der Waals surface area (Å²) in [4.78, 5) is 21.8. The van der Waals surface area contributed by atoms with Crippen LogP contribution in [0.1, 0.15) is 42.8 Å². The zero-order valence-electron chi connectivity index (χ0n) is 14.5. The lowest BCUT2D eigenvalue weighted by molar-refractivity contribution is -0.166. The molecule has 5 nitrogen and oxygen atoms in total. The molecule has 0 unspecified atom stereocenters. The molecule has 1 spiro atoms. The minimum atomic E-state index is -0.166. The first-order valence-electron chi connectivity index (χ1n) is 9.20. The van der Waals surface area contributed by atoms with E-state index in [4.69, 9.17) is 4.74 Å². The Morgan fingerprint density at radius 1 is 1.38 bits per heavy atom. The van der Waals surface area contributed by atoms with Gasteiger partial charge in [0.15, 0.2) is 0 Å². The summed E-state index contributed by atoms with van der Waals surface area (Å²) in [5.41, 5.74) is 0.994. The van der Waals surface area contributed by atoms with Gasteiger partial charge in [-0.1, -0.05) is 6.42 Å². The van der Waals surface area contributed by atoms with Gasteiger partial charge < -0.3 is 9.64 Å². The number of likely N-dealkylation sites (tertiary alicyclic amines) is 1. The molecule has 0 N–H and O–H groups in total. The third-order valence-corrected chi connectivity index (χ3v) is 6.51. The average molecular weight is 350 g/mol. The number of carbonyl (C=O) groups excluding carboxylic acids is 1. The summed E-state index contributed by atoms with van der Waals surface area (Å²) in [5.74, 6) is 0.661. The van der Waals surface area contributed by atoms with Gasteiger partial charge in [0, 0.05) is 30.9 Å². The van der Waals surface area contributed by atoms with E-state index in [0.717, 1.165) is 69.1 Å². The number of aryl methyl sites for hydroxylation is 1. The lowest BCUT2D eigenvalue weighted by Crippen LogP contribution is -2.61. The van der Waals surface area contributed by atoms with Gasteiger partial charge >= 0.3 is 0 Å². The fourth-order valence-corrected chi connectivity index (χ4v) is 4.83. The van der Waals surface area contributed by atoms with E-state index in [1.807, 2.05) is 0 Å². The van der Waals surface area contributed by atoms with Gasteiger partial charge in [0.25, 0.3) is 0 Å². The number of rotatable bonds is 3. The molecule has 1 saturated carbocycles. The van der Waals surface area contributed by atoms with Crippen molar-refractivity contribution in [3.05, 3.63) is 16.1 Å². The van der Waals surface area contributed by atoms with Crippen molar-refractivity contribution in [3.8, 4) is 0 Å². The molecule has 1 atom stereocenters. The van der Waals surface area contributed by atoms with Gasteiger partial charge in [-0.25, -0.2) is 4.98 Å². The summed E-state index contributed by atoms with van der Waals surface area (Å²) in [6.07, 6.45) is 5.58. The van der Waals surface area contributed by atoms with Gasteiger partial charge in [-0.05, 0) is 39.2 Å². The Morgan fingerprint density at radius 3 is 2.96 bits per heavy atom. The van der Waals surface area contributed by atoms with Gasteiger partial charge in [-0.3, -0.25) is 9.69 Å². The Bertz CT molecular complexity index is 597. The number of piperidine rings is 1. The molecular formula is C18H27N3O2S. The van der Waals surface area contributed by atoms with Gasteiger partial charge in [-0.2, -0.15) is 0 Å². The zero-order chi connectivity index (χ0) is 16.6. The fourth-order valence-electron chi connectivity index (χ4n) is 4.23. The summed E-state index contributed by atoms with van der Waals surface area (Å²) in [6, 6.07) is 0. The highest BCUT2D eigenvalue weighted by molar-refractivity contribution is 7.09. The molecule has 6 heteroatoms. The Balaban J connectivity index is 1.40. The van der Waals surface area contributed by atoms with Crippen LogP contribution in [0, 0.1) is 12.8 Å². The summed E-state index contributed by atoms with van der Waals surface area (Å²) in [5, 5.41) is 3.29. The Labute approximate surface area is 148 Å². The van der Waals surface area contributed by atoms with Crippen molar-refractivity contribution in [1.82, 2.24) is 14.8 Å².